The van der Waals surface area contributed by atoms with Gasteiger partial charge < -0.3 is 18.8 Å². The van der Waals surface area contributed by atoms with Crippen LogP contribution >= 0.6 is 11.8 Å². The fourth-order valence-electron chi connectivity index (χ4n) is 3.79. The van der Waals surface area contributed by atoms with Crippen LogP contribution in [0.15, 0.2) is 54.6 Å². The molecule has 1 aliphatic rings. The molecule has 0 aliphatic carbocycles. The molecule has 4 rings (SSSR count). The highest BCUT2D eigenvalue weighted by Gasteiger charge is 2.39. The first-order valence-electron chi connectivity index (χ1n) is 9.35. The summed E-state index contributed by atoms with van der Waals surface area (Å²) in [6, 6.07) is 17.4. The van der Waals surface area contributed by atoms with Crippen molar-refractivity contribution in [1.82, 2.24) is 4.57 Å². The molecule has 1 atom stereocenters. The maximum absolute atomic E-state index is 12.8. The molecule has 2 heterocycles. The van der Waals surface area contributed by atoms with Crippen molar-refractivity contribution >= 4 is 23.7 Å². The second-order valence-electron chi connectivity index (χ2n) is 6.70. The minimum Gasteiger partial charge on any atom is -0.497 e. The maximum atomic E-state index is 12.8. The van der Waals surface area contributed by atoms with Crippen LogP contribution in [-0.4, -0.2) is 37.8 Å². The van der Waals surface area contributed by atoms with Crippen molar-refractivity contribution in [3.63, 3.8) is 0 Å². The SMILES string of the molecule is COC(=O)c1c(C(=O)OC)c(-c2ccc(OC)cc2)n2c1CS[C@H]2c1ccccc1. The summed E-state index contributed by atoms with van der Waals surface area (Å²) >= 11 is 1.70. The topological polar surface area (TPSA) is 66.8 Å². The van der Waals surface area contributed by atoms with E-state index in [1.165, 1.54) is 14.2 Å². The van der Waals surface area contributed by atoms with Crippen molar-refractivity contribution in [3.05, 3.63) is 77.0 Å². The van der Waals surface area contributed by atoms with E-state index >= 15 is 0 Å². The quantitative estimate of drug-likeness (QED) is 0.562. The van der Waals surface area contributed by atoms with E-state index < -0.39 is 11.9 Å². The Morgan fingerprint density at radius 3 is 2.13 bits per heavy atom. The van der Waals surface area contributed by atoms with Crippen molar-refractivity contribution in [2.75, 3.05) is 21.3 Å². The molecule has 3 aromatic rings. The third kappa shape index (κ3) is 3.25. The fraction of sp³-hybridized carbons (Fsp3) is 0.217. The molecule has 0 fully saturated rings. The molecule has 154 valence electrons. The van der Waals surface area contributed by atoms with Crippen molar-refractivity contribution in [2.24, 2.45) is 0 Å². The number of fused-ring (bicyclic) bond motifs is 1. The standard InChI is InChI=1S/C23H21NO5S/c1-27-16-11-9-14(10-12-16)20-19(23(26)29-3)18(22(25)28-2)17-13-30-21(24(17)20)15-7-5-4-6-8-15/h4-12,21H,13H2,1-3H3/t21-/m0/s1. The highest BCUT2D eigenvalue weighted by Crippen LogP contribution is 2.48. The number of hydrogen-bond acceptors (Lipinski definition) is 6. The highest BCUT2D eigenvalue weighted by atomic mass is 32.2. The Morgan fingerprint density at radius 2 is 1.53 bits per heavy atom. The van der Waals surface area contributed by atoms with Crippen LogP contribution in [0.3, 0.4) is 0 Å². The van der Waals surface area contributed by atoms with Crippen molar-refractivity contribution in [3.8, 4) is 17.0 Å². The zero-order valence-corrected chi connectivity index (χ0v) is 17.7. The van der Waals surface area contributed by atoms with E-state index in [2.05, 4.69) is 4.57 Å². The normalized spacial score (nSPS) is 14.8. The molecule has 0 spiro atoms. The van der Waals surface area contributed by atoms with Gasteiger partial charge in [0, 0.05) is 11.4 Å². The molecule has 0 bridgehead atoms. The molecule has 0 amide bonds. The Morgan fingerprint density at radius 1 is 0.900 bits per heavy atom. The predicted molar refractivity (Wildman–Crippen MR) is 115 cm³/mol. The van der Waals surface area contributed by atoms with Gasteiger partial charge in [-0.25, -0.2) is 9.59 Å². The zero-order valence-electron chi connectivity index (χ0n) is 16.9. The molecular weight excluding hydrogens is 402 g/mol. The minimum absolute atomic E-state index is 0.0832. The number of nitrogens with zero attached hydrogens (tertiary/aromatic N) is 1. The number of rotatable bonds is 5. The Kier molecular flexibility index (Phi) is 5.55. The summed E-state index contributed by atoms with van der Waals surface area (Å²) in [6.07, 6.45) is 0. The highest BCUT2D eigenvalue weighted by molar-refractivity contribution is 7.99. The third-order valence-corrected chi connectivity index (χ3v) is 6.39. The summed E-state index contributed by atoms with van der Waals surface area (Å²) in [7, 11) is 4.23. The lowest BCUT2D eigenvalue weighted by Gasteiger charge is -2.18. The molecular formula is C23H21NO5S. The first-order valence-corrected chi connectivity index (χ1v) is 10.4. The van der Waals surface area contributed by atoms with Gasteiger partial charge in [0.05, 0.1) is 32.6 Å². The van der Waals surface area contributed by atoms with Crippen LogP contribution in [0.5, 0.6) is 5.75 Å². The molecule has 7 heteroatoms. The van der Waals surface area contributed by atoms with Gasteiger partial charge in [-0.2, -0.15) is 0 Å². The Labute approximate surface area is 178 Å². The molecule has 0 unspecified atom stereocenters. The molecule has 30 heavy (non-hydrogen) atoms. The second kappa shape index (κ2) is 8.28. The van der Waals surface area contributed by atoms with Crippen molar-refractivity contribution < 1.29 is 23.8 Å². The Bertz CT molecular complexity index is 1090. The Balaban J connectivity index is 2.03. The van der Waals surface area contributed by atoms with Crippen LogP contribution in [-0.2, 0) is 15.2 Å². The smallest absolute Gasteiger partial charge is 0.340 e. The first kappa shape index (κ1) is 20.1. The number of esters is 2. The minimum atomic E-state index is -0.570. The van der Waals surface area contributed by atoms with E-state index in [1.807, 2.05) is 54.6 Å². The van der Waals surface area contributed by atoms with Gasteiger partial charge in [-0.1, -0.05) is 30.3 Å². The van der Waals surface area contributed by atoms with Crippen molar-refractivity contribution in [1.29, 1.82) is 0 Å². The first-order chi connectivity index (χ1) is 14.6. The van der Waals surface area contributed by atoms with E-state index in [9.17, 15) is 9.59 Å². The molecule has 2 aromatic carbocycles. The fourth-order valence-corrected chi connectivity index (χ4v) is 5.12. The number of carbonyl (C=O) groups excluding carboxylic acids is 2. The lowest BCUT2D eigenvalue weighted by Crippen LogP contribution is -2.12. The van der Waals surface area contributed by atoms with Gasteiger partial charge >= 0.3 is 11.9 Å². The van der Waals surface area contributed by atoms with Gasteiger partial charge in [0.2, 0.25) is 0 Å². The molecule has 0 N–H and O–H groups in total. The van der Waals surface area contributed by atoms with E-state index in [4.69, 9.17) is 14.2 Å². The molecule has 0 saturated heterocycles. The van der Waals surface area contributed by atoms with Crippen LogP contribution in [0, 0.1) is 0 Å². The number of ether oxygens (including phenoxy) is 3. The summed E-state index contributed by atoms with van der Waals surface area (Å²) in [6.45, 7) is 0. The number of methoxy groups -OCH3 is 3. The van der Waals surface area contributed by atoms with E-state index in [1.54, 1.807) is 18.9 Å². The van der Waals surface area contributed by atoms with Gasteiger partial charge in [-0.15, -0.1) is 11.8 Å². The van der Waals surface area contributed by atoms with Gasteiger partial charge in [0.1, 0.15) is 16.7 Å². The van der Waals surface area contributed by atoms with Crippen LogP contribution in [0.4, 0.5) is 0 Å². The Hall–Kier alpha value is -3.19. The van der Waals surface area contributed by atoms with Crippen LogP contribution in [0.2, 0.25) is 0 Å². The molecule has 1 aromatic heterocycles. The number of benzene rings is 2. The van der Waals surface area contributed by atoms with Crippen LogP contribution in [0.25, 0.3) is 11.3 Å². The molecule has 1 aliphatic heterocycles. The number of thioether (sulfide) groups is 1. The second-order valence-corrected chi connectivity index (χ2v) is 7.77. The third-order valence-electron chi connectivity index (χ3n) is 5.15. The van der Waals surface area contributed by atoms with E-state index in [0.717, 1.165) is 16.8 Å². The summed E-state index contributed by atoms with van der Waals surface area (Å²) in [5.74, 6) is 0.159. The number of aromatic nitrogens is 1. The largest absolute Gasteiger partial charge is 0.497 e. The average molecular weight is 423 g/mol. The van der Waals surface area contributed by atoms with Gasteiger partial charge in [-0.05, 0) is 35.4 Å². The van der Waals surface area contributed by atoms with Gasteiger partial charge in [0.15, 0.2) is 0 Å². The van der Waals surface area contributed by atoms with Crippen LogP contribution < -0.4 is 4.74 Å². The van der Waals surface area contributed by atoms with E-state index in [-0.39, 0.29) is 16.5 Å². The maximum Gasteiger partial charge on any atom is 0.340 e. The molecule has 0 radical (unpaired) electrons. The monoisotopic (exact) mass is 423 g/mol. The van der Waals surface area contributed by atoms with Crippen LogP contribution in [0.1, 0.15) is 37.3 Å². The number of carbonyl (C=O) groups is 2. The average Bonchev–Trinajstić information content (AvgIpc) is 3.36. The summed E-state index contributed by atoms with van der Waals surface area (Å²) < 4.78 is 17.4. The lowest BCUT2D eigenvalue weighted by molar-refractivity contribution is 0.0556. The predicted octanol–water partition coefficient (Wildman–Crippen LogP) is 4.53. The zero-order chi connectivity index (χ0) is 21.3. The lowest BCUT2D eigenvalue weighted by atomic mass is 10.0. The molecule has 6 nitrogen and oxygen atoms in total. The summed E-state index contributed by atoms with van der Waals surface area (Å²) in [5, 5.41) is -0.0832. The molecule has 0 saturated carbocycles. The van der Waals surface area contributed by atoms with Gasteiger partial charge in [-0.3, -0.25) is 0 Å². The van der Waals surface area contributed by atoms with Crippen molar-refractivity contribution in [2.45, 2.75) is 11.1 Å². The van der Waals surface area contributed by atoms with E-state index in [0.29, 0.717) is 17.2 Å². The van der Waals surface area contributed by atoms with Gasteiger partial charge in [0.25, 0.3) is 0 Å². The number of hydrogen-bond donors (Lipinski definition) is 0. The summed E-state index contributed by atoms with van der Waals surface area (Å²) in [5.41, 5.74) is 3.76. The summed E-state index contributed by atoms with van der Waals surface area (Å²) in [4.78, 5) is 25.6.